The number of hydrogen-bond acceptors (Lipinski definition) is 5. The van der Waals surface area contributed by atoms with Crippen LogP contribution in [0.3, 0.4) is 0 Å². The van der Waals surface area contributed by atoms with E-state index < -0.39 is 33.7 Å². The van der Waals surface area contributed by atoms with Crippen LogP contribution in [0.25, 0.3) is 0 Å². The Kier molecular flexibility index (Phi) is 1.98. The van der Waals surface area contributed by atoms with Crippen molar-refractivity contribution in [3.05, 3.63) is 0 Å². The summed E-state index contributed by atoms with van der Waals surface area (Å²) < 4.78 is 5.56. The third-order valence-electron chi connectivity index (χ3n) is 7.77. The third-order valence-corrected chi connectivity index (χ3v) is 7.77. The Labute approximate surface area is 117 Å². The van der Waals surface area contributed by atoms with Crippen LogP contribution in [-0.2, 0) is 9.53 Å². The average Bonchev–Trinajstić information content (AvgIpc) is 2.77. The van der Waals surface area contributed by atoms with Crippen LogP contribution in [0.15, 0.2) is 0 Å². The van der Waals surface area contributed by atoms with Crippen LogP contribution in [0.1, 0.15) is 40.0 Å². The topological polar surface area (TPSA) is 87.0 Å². The van der Waals surface area contributed by atoms with Gasteiger partial charge in [-0.15, -0.1) is 0 Å². The lowest BCUT2D eigenvalue weighted by Crippen LogP contribution is -2.83. The molecule has 1 spiro atoms. The lowest BCUT2D eigenvalue weighted by atomic mass is 9.35. The number of carbonyl (C=O) groups excluding carboxylic acids is 1. The fraction of sp³-hybridized carbons (Fsp3) is 0.933. The molecule has 7 atom stereocenters. The van der Waals surface area contributed by atoms with Gasteiger partial charge in [-0.1, -0.05) is 13.8 Å². The van der Waals surface area contributed by atoms with E-state index in [0.29, 0.717) is 6.42 Å². The second-order valence-corrected chi connectivity index (χ2v) is 7.79. The van der Waals surface area contributed by atoms with Gasteiger partial charge in [0.25, 0.3) is 0 Å². The van der Waals surface area contributed by atoms with Crippen LogP contribution in [-0.4, -0.2) is 45.2 Å². The third kappa shape index (κ3) is 0.794. The lowest BCUT2D eigenvalue weighted by molar-refractivity contribution is -0.368. The maximum absolute atomic E-state index is 12.8. The molecule has 4 saturated carbocycles. The number of aliphatic hydroxyl groups excluding tert-OH is 1. The number of fused-ring (bicyclic) bond motifs is 1. The van der Waals surface area contributed by atoms with E-state index in [9.17, 15) is 20.1 Å². The standard InChI is InChI=1S/C15H22O5/c1-8-4-5-14(18)11(2)7-20-15(19)10(17)13(8,14)6-9(16)12(11,15)3/h8,10,17-19H,4-7H2,1-3H3/t8-,10-,11-,12-,13+,14+,15-/m1/s1. The van der Waals surface area contributed by atoms with Crippen LogP contribution in [0.4, 0.5) is 0 Å². The van der Waals surface area contributed by atoms with Gasteiger partial charge >= 0.3 is 0 Å². The molecule has 112 valence electrons. The Morgan fingerprint density at radius 3 is 2.60 bits per heavy atom. The molecule has 1 saturated heterocycles. The van der Waals surface area contributed by atoms with Crippen LogP contribution in [0, 0.1) is 22.2 Å². The molecule has 5 nitrogen and oxygen atoms in total. The Hall–Kier alpha value is -0.490. The predicted octanol–water partition coefficient (Wildman–Crippen LogP) is 0.212. The minimum Gasteiger partial charge on any atom is -0.388 e. The fourth-order valence-corrected chi connectivity index (χ4v) is 6.15. The van der Waals surface area contributed by atoms with Crippen molar-refractivity contribution in [1.82, 2.24) is 0 Å². The number of ether oxygens (including phenoxy) is 1. The predicted molar refractivity (Wildman–Crippen MR) is 68.5 cm³/mol. The molecule has 5 rings (SSSR count). The van der Waals surface area contributed by atoms with Crippen molar-refractivity contribution in [2.45, 2.75) is 57.5 Å². The molecule has 4 aliphatic carbocycles. The molecular weight excluding hydrogens is 260 g/mol. The van der Waals surface area contributed by atoms with Crippen molar-refractivity contribution >= 4 is 5.78 Å². The first-order valence-corrected chi connectivity index (χ1v) is 7.42. The van der Waals surface area contributed by atoms with Crippen LogP contribution in [0.5, 0.6) is 0 Å². The van der Waals surface area contributed by atoms with Gasteiger partial charge in [0.1, 0.15) is 11.9 Å². The van der Waals surface area contributed by atoms with Crippen LogP contribution >= 0.6 is 0 Å². The molecule has 4 bridgehead atoms. The summed E-state index contributed by atoms with van der Waals surface area (Å²) in [6, 6.07) is 0. The Bertz CT molecular complexity index is 534. The zero-order valence-corrected chi connectivity index (χ0v) is 12.1. The van der Waals surface area contributed by atoms with E-state index in [1.165, 1.54) is 0 Å². The zero-order chi connectivity index (χ0) is 14.8. The van der Waals surface area contributed by atoms with E-state index in [1.54, 1.807) is 6.92 Å². The summed E-state index contributed by atoms with van der Waals surface area (Å²) in [4.78, 5) is 12.8. The SMILES string of the molecule is C[C@@H]1CC[C@@]2(O)[C@@]13CC(=O)[C@]1(C)[C@@]2(C)CO[C@]1(O)[C@@H]3O. The molecule has 5 aliphatic rings. The van der Waals surface area contributed by atoms with Crippen molar-refractivity contribution in [2.24, 2.45) is 22.2 Å². The molecule has 0 aromatic carbocycles. The number of Topliss-reactive ketones (excluding diaryl/α,β-unsaturated/α-hetero) is 1. The summed E-state index contributed by atoms with van der Waals surface area (Å²) >= 11 is 0. The summed E-state index contributed by atoms with van der Waals surface area (Å²) in [7, 11) is 0. The number of hydrogen-bond donors (Lipinski definition) is 3. The first-order valence-electron chi connectivity index (χ1n) is 7.42. The van der Waals surface area contributed by atoms with Gasteiger partial charge < -0.3 is 20.1 Å². The van der Waals surface area contributed by atoms with Gasteiger partial charge in [-0.3, -0.25) is 4.79 Å². The molecule has 1 heterocycles. The lowest BCUT2D eigenvalue weighted by Gasteiger charge is -2.69. The molecule has 5 heteroatoms. The number of carbonyl (C=O) groups is 1. The first kappa shape index (κ1) is 13.2. The minimum absolute atomic E-state index is 0.0242. The van der Waals surface area contributed by atoms with E-state index in [4.69, 9.17) is 4.74 Å². The molecular formula is C15H22O5. The van der Waals surface area contributed by atoms with Gasteiger partial charge in [-0.2, -0.15) is 0 Å². The Morgan fingerprint density at radius 1 is 1.30 bits per heavy atom. The van der Waals surface area contributed by atoms with Crippen molar-refractivity contribution in [2.75, 3.05) is 6.61 Å². The zero-order valence-electron chi connectivity index (χ0n) is 12.1. The second-order valence-electron chi connectivity index (χ2n) is 7.79. The van der Waals surface area contributed by atoms with Gasteiger partial charge in [-0.05, 0) is 25.7 Å². The summed E-state index contributed by atoms with van der Waals surface area (Å²) in [6.07, 6.45) is 0.201. The second kappa shape index (κ2) is 3.00. The highest BCUT2D eigenvalue weighted by molar-refractivity contribution is 5.91. The van der Waals surface area contributed by atoms with Gasteiger partial charge in [0, 0.05) is 17.3 Å². The first-order chi connectivity index (χ1) is 9.12. The van der Waals surface area contributed by atoms with E-state index in [0.717, 1.165) is 6.42 Å². The maximum atomic E-state index is 12.8. The number of aliphatic hydroxyl groups is 3. The van der Waals surface area contributed by atoms with Crippen molar-refractivity contribution in [3.63, 3.8) is 0 Å². The molecule has 0 radical (unpaired) electrons. The summed E-state index contributed by atoms with van der Waals surface area (Å²) in [5.41, 5.74) is -4.25. The van der Waals surface area contributed by atoms with E-state index in [-0.39, 0.29) is 24.7 Å². The highest BCUT2D eigenvalue weighted by Gasteiger charge is 2.91. The molecule has 0 aromatic heterocycles. The number of ketones is 1. The largest absolute Gasteiger partial charge is 0.388 e. The molecule has 0 amide bonds. The van der Waals surface area contributed by atoms with E-state index in [1.807, 2.05) is 13.8 Å². The molecule has 3 N–H and O–H groups in total. The van der Waals surface area contributed by atoms with Crippen molar-refractivity contribution < 1.29 is 24.9 Å². The molecule has 1 aliphatic heterocycles. The number of rotatable bonds is 0. The van der Waals surface area contributed by atoms with Crippen molar-refractivity contribution in [1.29, 1.82) is 0 Å². The van der Waals surface area contributed by atoms with Gasteiger partial charge in [0.05, 0.1) is 17.6 Å². The van der Waals surface area contributed by atoms with Crippen LogP contribution in [0.2, 0.25) is 0 Å². The van der Waals surface area contributed by atoms with Crippen LogP contribution < -0.4 is 0 Å². The highest BCUT2D eigenvalue weighted by Crippen LogP contribution is 2.79. The minimum atomic E-state index is -1.87. The molecule has 0 aromatic rings. The normalized spacial score (nSPS) is 67.6. The molecule has 20 heavy (non-hydrogen) atoms. The smallest absolute Gasteiger partial charge is 0.206 e. The van der Waals surface area contributed by atoms with Gasteiger partial charge in [0.15, 0.2) is 0 Å². The van der Waals surface area contributed by atoms with Crippen molar-refractivity contribution in [3.8, 4) is 0 Å². The Morgan fingerprint density at radius 2 is 1.95 bits per heavy atom. The van der Waals surface area contributed by atoms with E-state index >= 15 is 0 Å². The fourth-order valence-electron chi connectivity index (χ4n) is 6.15. The monoisotopic (exact) mass is 282 g/mol. The molecule has 5 fully saturated rings. The van der Waals surface area contributed by atoms with E-state index in [2.05, 4.69) is 0 Å². The van der Waals surface area contributed by atoms with Gasteiger partial charge in [0.2, 0.25) is 5.79 Å². The quantitative estimate of drug-likeness (QED) is 0.591. The molecule has 0 unspecified atom stereocenters. The summed E-state index contributed by atoms with van der Waals surface area (Å²) in [5.74, 6) is -1.99. The highest BCUT2D eigenvalue weighted by atomic mass is 16.6. The van der Waals surface area contributed by atoms with Gasteiger partial charge in [-0.25, -0.2) is 0 Å². The Balaban J connectivity index is 2.10. The summed E-state index contributed by atoms with van der Waals surface area (Å²) in [5, 5.41) is 33.3. The summed E-state index contributed by atoms with van der Waals surface area (Å²) in [6.45, 7) is 5.54. The maximum Gasteiger partial charge on any atom is 0.206 e. The average molecular weight is 282 g/mol.